The fourth-order valence-corrected chi connectivity index (χ4v) is 2.02. The second-order valence-electron chi connectivity index (χ2n) is 4.54. The van der Waals surface area contributed by atoms with E-state index in [1.54, 1.807) is 18.3 Å². The van der Waals surface area contributed by atoms with Crippen LogP contribution in [0.2, 0.25) is 0 Å². The Hall–Kier alpha value is -2.95. The summed E-state index contributed by atoms with van der Waals surface area (Å²) in [6.45, 7) is 1.86. The summed E-state index contributed by atoms with van der Waals surface area (Å²) in [4.78, 5) is 20.4. The van der Waals surface area contributed by atoms with Crippen LogP contribution in [0.1, 0.15) is 16.2 Å². The SMILES string of the molecule is Cc1cc(NC(=O)c2ncoc2-c2ccccc2)ccn1. The normalized spacial score (nSPS) is 10.3. The van der Waals surface area contributed by atoms with E-state index in [-0.39, 0.29) is 11.6 Å². The van der Waals surface area contributed by atoms with E-state index in [1.807, 2.05) is 37.3 Å². The molecule has 5 nitrogen and oxygen atoms in total. The molecular formula is C16H13N3O2. The number of pyridine rings is 1. The van der Waals surface area contributed by atoms with Crippen LogP contribution in [0.5, 0.6) is 0 Å². The third-order valence-corrected chi connectivity index (χ3v) is 2.97. The van der Waals surface area contributed by atoms with Gasteiger partial charge in [0.2, 0.25) is 0 Å². The number of benzene rings is 1. The van der Waals surface area contributed by atoms with Crippen molar-refractivity contribution in [3.8, 4) is 11.3 Å². The first-order valence-electron chi connectivity index (χ1n) is 6.47. The molecule has 0 radical (unpaired) electrons. The number of oxazole rings is 1. The molecule has 0 spiro atoms. The molecule has 3 aromatic rings. The van der Waals surface area contributed by atoms with E-state index in [4.69, 9.17) is 4.42 Å². The maximum atomic E-state index is 12.3. The van der Waals surface area contributed by atoms with Gasteiger partial charge in [0.05, 0.1) is 0 Å². The smallest absolute Gasteiger partial charge is 0.278 e. The molecule has 1 amide bonds. The molecule has 2 aromatic heterocycles. The lowest BCUT2D eigenvalue weighted by atomic mass is 10.1. The highest BCUT2D eigenvalue weighted by Crippen LogP contribution is 2.23. The van der Waals surface area contributed by atoms with E-state index < -0.39 is 0 Å². The molecule has 0 aliphatic rings. The average Bonchev–Trinajstić information content (AvgIpc) is 2.98. The van der Waals surface area contributed by atoms with E-state index in [1.165, 1.54) is 6.39 Å². The molecule has 0 bridgehead atoms. The molecule has 0 atom stereocenters. The van der Waals surface area contributed by atoms with Gasteiger partial charge in [-0.25, -0.2) is 4.98 Å². The number of anilines is 1. The Morgan fingerprint density at radius 2 is 1.95 bits per heavy atom. The van der Waals surface area contributed by atoms with Crippen molar-refractivity contribution in [1.82, 2.24) is 9.97 Å². The minimum absolute atomic E-state index is 0.260. The number of nitrogens with zero attached hydrogens (tertiary/aromatic N) is 2. The van der Waals surface area contributed by atoms with Crippen molar-refractivity contribution in [3.05, 3.63) is 66.4 Å². The molecule has 2 heterocycles. The first-order chi connectivity index (χ1) is 10.2. The predicted octanol–water partition coefficient (Wildman–Crippen LogP) is 3.30. The highest BCUT2D eigenvalue weighted by atomic mass is 16.3. The van der Waals surface area contributed by atoms with Crippen LogP contribution in [-0.2, 0) is 0 Å². The lowest BCUT2D eigenvalue weighted by Crippen LogP contribution is -2.13. The molecule has 3 rings (SSSR count). The van der Waals surface area contributed by atoms with Gasteiger partial charge in [0.25, 0.3) is 5.91 Å². The third-order valence-electron chi connectivity index (χ3n) is 2.97. The van der Waals surface area contributed by atoms with Crippen molar-refractivity contribution in [3.63, 3.8) is 0 Å². The van der Waals surface area contributed by atoms with Crippen LogP contribution in [-0.4, -0.2) is 15.9 Å². The third kappa shape index (κ3) is 2.81. The van der Waals surface area contributed by atoms with Crippen LogP contribution in [0.15, 0.2) is 59.5 Å². The molecule has 1 N–H and O–H groups in total. The second kappa shape index (κ2) is 5.58. The van der Waals surface area contributed by atoms with E-state index in [0.29, 0.717) is 11.4 Å². The number of aryl methyl sites for hydroxylation is 1. The van der Waals surface area contributed by atoms with Crippen LogP contribution in [0.4, 0.5) is 5.69 Å². The highest BCUT2D eigenvalue weighted by Gasteiger charge is 2.18. The molecule has 0 aliphatic carbocycles. The molecule has 0 saturated carbocycles. The van der Waals surface area contributed by atoms with Crippen LogP contribution >= 0.6 is 0 Å². The lowest BCUT2D eigenvalue weighted by molar-refractivity contribution is 0.102. The maximum Gasteiger partial charge on any atom is 0.278 e. The highest BCUT2D eigenvalue weighted by molar-refractivity contribution is 6.06. The largest absolute Gasteiger partial charge is 0.443 e. The number of carbonyl (C=O) groups is 1. The molecular weight excluding hydrogens is 266 g/mol. The Kier molecular flexibility index (Phi) is 3.47. The Balaban J connectivity index is 1.88. The zero-order chi connectivity index (χ0) is 14.7. The van der Waals surface area contributed by atoms with Crippen molar-refractivity contribution in [1.29, 1.82) is 0 Å². The molecule has 0 saturated heterocycles. The molecule has 0 unspecified atom stereocenters. The number of nitrogens with one attached hydrogen (secondary N) is 1. The van der Waals surface area contributed by atoms with Gasteiger partial charge in [-0.2, -0.15) is 0 Å². The fourth-order valence-electron chi connectivity index (χ4n) is 2.02. The van der Waals surface area contributed by atoms with E-state index in [0.717, 1.165) is 11.3 Å². The standard InChI is InChI=1S/C16H13N3O2/c1-11-9-13(7-8-17-11)19-16(20)14-15(21-10-18-14)12-5-3-2-4-6-12/h2-10H,1H3,(H,17,19,20). The molecule has 0 fully saturated rings. The Morgan fingerprint density at radius 1 is 1.14 bits per heavy atom. The quantitative estimate of drug-likeness (QED) is 0.798. The van der Waals surface area contributed by atoms with E-state index in [9.17, 15) is 4.79 Å². The van der Waals surface area contributed by atoms with Gasteiger partial charge < -0.3 is 9.73 Å². The summed E-state index contributed by atoms with van der Waals surface area (Å²) in [5, 5.41) is 2.79. The second-order valence-corrected chi connectivity index (χ2v) is 4.54. The summed E-state index contributed by atoms with van der Waals surface area (Å²) in [6, 6.07) is 12.9. The van der Waals surface area contributed by atoms with Crippen molar-refractivity contribution in [2.45, 2.75) is 6.92 Å². The molecule has 5 heteroatoms. The van der Waals surface area contributed by atoms with Gasteiger partial charge in [-0.1, -0.05) is 30.3 Å². The number of hydrogen-bond acceptors (Lipinski definition) is 4. The van der Waals surface area contributed by atoms with Crippen molar-refractivity contribution in [2.75, 3.05) is 5.32 Å². The minimum Gasteiger partial charge on any atom is -0.443 e. The average molecular weight is 279 g/mol. The zero-order valence-corrected chi connectivity index (χ0v) is 11.4. The summed E-state index contributed by atoms with van der Waals surface area (Å²) < 4.78 is 5.35. The molecule has 1 aromatic carbocycles. The van der Waals surface area contributed by atoms with Crippen LogP contribution in [0.3, 0.4) is 0 Å². The van der Waals surface area contributed by atoms with Gasteiger partial charge in [0.15, 0.2) is 17.8 Å². The molecule has 21 heavy (non-hydrogen) atoms. The zero-order valence-electron chi connectivity index (χ0n) is 11.4. The van der Waals surface area contributed by atoms with Crippen LogP contribution < -0.4 is 5.32 Å². The summed E-state index contributed by atoms with van der Waals surface area (Å²) in [6.07, 6.45) is 2.92. The lowest BCUT2D eigenvalue weighted by Gasteiger charge is -2.05. The summed E-state index contributed by atoms with van der Waals surface area (Å²) in [5.74, 6) is 0.145. The van der Waals surface area contributed by atoms with Gasteiger partial charge in [-0.3, -0.25) is 9.78 Å². The monoisotopic (exact) mass is 279 g/mol. The number of hydrogen-bond donors (Lipinski definition) is 1. The van der Waals surface area contributed by atoms with E-state index >= 15 is 0 Å². The first-order valence-corrected chi connectivity index (χ1v) is 6.47. The summed E-state index contributed by atoms with van der Waals surface area (Å²) in [7, 11) is 0. The van der Waals surface area contributed by atoms with E-state index in [2.05, 4.69) is 15.3 Å². The molecule has 0 aliphatic heterocycles. The predicted molar refractivity (Wildman–Crippen MR) is 78.9 cm³/mol. The topological polar surface area (TPSA) is 68.0 Å². The number of amides is 1. The number of aromatic nitrogens is 2. The van der Waals surface area contributed by atoms with Gasteiger partial charge in [-0.15, -0.1) is 0 Å². The minimum atomic E-state index is -0.312. The van der Waals surface area contributed by atoms with Crippen molar-refractivity contribution in [2.24, 2.45) is 0 Å². The summed E-state index contributed by atoms with van der Waals surface area (Å²) >= 11 is 0. The van der Waals surface area contributed by atoms with Gasteiger partial charge in [-0.05, 0) is 19.1 Å². The van der Waals surface area contributed by atoms with Crippen LogP contribution in [0, 0.1) is 6.92 Å². The fraction of sp³-hybridized carbons (Fsp3) is 0.0625. The van der Waals surface area contributed by atoms with Crippen molar-refractivity contribution < 1.29 is 9.21 Å². The van der Waals surface area contributed by atoms with Gasteiger partial charge >= 0.3 is 0 Å². The van der Waals surface area contributed by atoms with Crippen LogP contribution in [0.25, 0.3) is 11.3 Å². The Morgan fingerprint density at radius 3 is 2.71 bits per heavy atom. The summed E-state index contributed by atoms with van der Waals surface area (Å²) in [5.41, 5.74) is 2.58. The number of carbonyl (C=O) groups excluding carboxylic acids is 1. The maximum absolute atomic E-state index is 12.3. The number of rotatable bonds is 3. The van der Waals surface area contributed by atoms with Gasteiger partial charge in [0.1, 0.15) is 0 Å². The Labute approximate surface area is 121 Å². The Bertz CT molecular complexity index is 766. The van der Waals surface area contributed by atoms with Gasteiger partial charge in [0, 0.05) is 23.1 Å². The first kappa shape index (κ1) is 13.1. The molecule has 104 valence electrons. The van der Waals surface area contributed by atoms with Crippen molar-refractivity contribution >= 4 is 11.6 Å².